The van der Waals surface area contributed by atoms with Crippen LogP contribution in [-0.4, -0.2) is 16.7 Å². The Morgan fingerprint density at radius 1 is 1.35 bits per heavy atom. The maximum Gasteiger partial charge on any atom is 0.213 e. The Labute approximate surface area is 119 Å². The molecule has 5 heteroatoms. The van der Waals surface area contributed by atoms with E-state index in [9.17, 15) is 0 Å². The molecule has 0 aliphatic carbocycles. The lowest BCUT2D eigenvalue weighted by Gasteiger charge is -2.13. The van der Waals surface area contributed by atoms with Crippen molar-refractivity contribution in [3.05, 3.63) is 41.5 Å². The molecule has 0 atom stereocenters. The first-order valence-electron chi connectivity index (χ1n) is 6.83. The Balaban J connectivity index is 1.99. The minimum absolute atomic E-state index is 0.316. The van der Waals surface area contributed by atoms with Crippen LogP contribution in [-0.2, 0) is 13.2 Å². The molecule has 0 amide bonds. The van der Waals surface area contributed by atoms with Gasteiger partial charge in [-0.2, -0.15) is 4.98 Å². The summed E-state index contributed by atoms with van der Waals surface area (Å²) < 4.78 is 10.5. The van der Waals surface area contributed by atoms with Crippen molar-refractivity contribution in [1.29, 1.82) is 0 Å². The molecule has 0 aliphatic heterocycles. The first-order chi connectivity index (χ1) is 9.65. The molecule has 1 aromatic heterocycles. The summed E-state index contributed by atoms with van der Waals surface area (Å²) in [5.74, 6) is 2.03. The third kappa shape index (κ3) is 4.35. The van der Waals surface area contributed by atoms with Gasteiger partial charge in [0, 0.05) is 12.1 Å². The lowest BCUT2D eigenvalue weighted by atomic mass is 10.1. The number of hydrogen-bond donors (Lipinski definition) is 1. The summed E-state index contributed by atoms with van der Waals surface area (Å²) in [4.78, 5) is 3.95. The zero-order valence-corrected chi connectivity index (χ0v) is 12.2. The molecular weight excluding hydrogens is 254 g/mol. The molecule has 0 spiro atoms. The van der Waals surface area contributed by atoms with E-state index in [1.807, 2.05) is 12.1 Å². The van der Waals surface area contributed by atoms with Crippen LogP contribution in [0.1, 0.15) is 30.8 Å². The molecule has 0 bridgehead atoms. The first-order valence-corrected chi connectivity index (χ1v) is 6.83. The van der Waals surface area contributed by atoms with Crippen molar-refractivity contribution in [2.24, 2.45) is 5.92 Å². The van der Waals surface area contributed by atoms with Crippen molar-refractivity contribution in [1.82, 2.24) is 15.5 Å². The third-order valence-corrected chi connectivity index (χ3v) is 2.85. The van der Waals surface area contributed by atoms with Crippen molar-refractivity contribution in [2.45, 2.75) is 33.9 Å². The highest BCUT2D eigenvalue weighted by Gasteiger charge is 2.06. The topological polar surface area (TPSA) is 60.2 Å². The van der Waals surface area contributed by atoms with E-state index in [1.54, 1.807) is 0 Å². The first kappa shape index (κ1) is 14.5. The van der Waals surface area contributed by atoms with Gasteiger partial charge in [0.25, 0.3) is 0 Å². The summed E-state index contributed by atoms with van der Waals surface area (Å²) in [6, 6.07) is 6.16. The second-order valence-electron chi connectivity index (χ2n) is 5.27. The SMILES string of the molecule is Cc1ccc(OCc2ncon2)c(CNCC(C)C)c1. The lowest BCUT2D eigenvalue weighted by molar-refractivity contribution is 0.283. The number of benzene rings is 1. The number of hydrogen-bond acceptors (Lipinski definition) is 5. The molecule has 1 N–H and O–H groups in total. The summed E-state index contributed by atoms with van der Waals surface area (Å²) in [5, 5.41) is 7.17. The Morgan fingerprint density at radius 3 is 2.90 bits per heavy atom. The van der Waals surface area contributed by atoms with E-state index in [2.05, 4.69) is 42.3 Å². The molecule has 0 unspecified atom stereocenters. The van der Waals surface area contributed by atoms with Gasteiger partial charge in [0.2, 0.25) is 12.2 Å². The zero-order chi connectivity index (χ0) is 14.4. The molecule has 2 aromatic rings. The monoisotopic (exact) mass is 275 g/mol. The molecule has 108 valence electrons. The van der Waals surface area contributed by atoms with Gasteiger partial charge in [-0.15, -0.1) is 0 Å². The van der Waals surface area contributed by atoms with Crippen LogP contribution < -0.4 is 10.1 Å². The van der Waals surface area contributed by atoms with Gasteiger partial charge in [0.15, 0.2) is 6.61 Å². The van der Waals surface area contributed by atoms with Gasteiger partial charge in [0.05, 0.1) is 0 Å². The average molecular weight is 275 g/mol. The predicted octanol–water partition coefficient (Wildman–Crippen LogP) is 2.70. The van der Waals surface area contributed by atoms with Crippen molar-refractivity contribution >= 4 is 0 Å². The fourth-order valence-electron chi connectivity index (χ4n) is 1.88. The molecule has 0 fully saturated rings. The number of nitrogens with zero attached hydrogens (tertiary/aromatic N) is 2. The van der Waals surface area contributed by atoms with Gasteiger partial charge in [-0.05, 0) is 25.5 Å². The maximum absolute atomic E-state index is 5.77. The van der Waals surface area contributed by atoms with E-state index in [4.69, 9.17) is 9.26 Å². The fourth-order valence-corrected chi connectivity index (χ4v) is 1.88. The average Bonchev–Trinajstić information content (AvgIpc) is 2.90. The zero-order valence-electron chi connectivity index (χ0n) is 12.2. The van der Waals surface area contributed by atoms with E-state index in [-0.39, 0.29) is 0 Å². The molecule has 2 rings (SSSR count). The van der Waals surface area contributed by atoms with Gasteiger partial charge < -0.3 is 14.6 Å². The van der Waals surface area contributed by atoms with Crippen LogP contribution in [0.25, 0.3) is 0 Å². The summed E-state index contributed by atoms with van der Waals surface area (Å²) in [6.07, 6.45) is 1.30. The number of aryl methyl sites for hydroxylation is 1. The van der Waals surface area contributed by atoms with Crippen LogP contribution in [0.5, 0.6) is 5.75 Å². The van der Waals surface area contributed by atoms with Crippen molar-refractivity contribution in [3.63, 3.8) is 0 Å². The highest BCUT2D eigenvalue weighted by atomic mass is 16.5. The highest BCUT2D eigenvalue weighted by Crippen LogP contribution is 2.21. The van der Waals surface area contributed by atoms with Gasteiger partial charge in [0.1, 0.15) is 5.75 Å². The molecule has 0 aliphatic rings. The van der Waals surface area contributed by atoms with Crippen molar-refractivity contribution < 1.29 is 9.26 Å². The predicted molar refractivity (Wildman–Crippen MR) is 76.4 cm³/mol. The molecule has 0 saturated heterocycles. The van der Waals surface area contributed by atoms with Crippen LogP contribution in [0.15, 0.2) is 29.1 Å². The molecule has 20 heavy (non-hydrogen) atoms. The molecule has 0 saturated carbocycles. The van der Waals surface area contributed by atoms with Crippen molar-refractivity contribution in [3.8, 4) is 5.75 Å². The van der Waals surface area contributed by atoms with Crippen LogP contribution in [0.2, 0.25) is 0 Å². The van der Waals surface area contributed by atoms with Crippen LogP contribution >= 0.6 is 0 Å². The van der Waals surface area contributed by atoms with Crippen LogP contribution in [0.3, 0.4) is 0 Å². The molecular formula is C15H21N3O2. The summed E-state index contributed by atoms with van der Waals surface area (Å²) in [7, 11) is 0. The quantitative estimate of drug-likeness (QED) is 0.842. The number of ether oxygens (including phenoxy) is 1. The maximum atomic E-state index is 5.77. The second kappa shape index (κ2) is 7.05. The third-order valence-electron chi connectivity index (χ3n) is 2.85. The minimum Gasteiger partial charge on any atom is -0.485 e. The standard InChI is InChI=1S/C15H21N3O2/c1-11(2)7-16-8-13-6-12(3)4-5-14(13)19-9-15-17-10-20-18-15/h4-6,10-11,16H,7-9H2,1-3H3. The van der Waals surface area contributed by atoms with Gasteiger partial charge in [-0.3, -0.25) is 0 Å². The largest absolute Gasteiger partial charge is 0.485 e. The van der Waals surface area contributed by atoms with E-state index in [1.165, 1.54) is 12.0 Å². The minimum atomic E-state index is 0.316. The van der Waals surface area contributed by atoms with Gasteiger partial charge >= 0.3 is 0 Å². The number of aromatic nitrogens is 2. The van der Waals surface area contributed by atoms with Crippen LogP contribution in [0, 0.1) is 12.8 Å². The Bertz CT molecular complexity index is 524. The highest BCUT2D eigenvalue weighted by molar-refractivity contribution is 5.36. The molecule has 5 nitrogen and oxygen atoms in total. The van der Waals surface area contributed by atoms with Gasteiger partial charge in [-0.1, -0.05) is 36.7 Å². The summed E-state index contributed by atoms with van der Waals surface area (Å²) in [5.41, 5.74) is 2.37. The number of rotatable bonds is 7. The van der Waals surface area contributed by atoms with Gasteiger partial charge in [-0.25, -0.2) is 0 Å². The van der Waals surface area contributed by atoms with E-state index in [0.717, 1.165) is 24.4 Å². The summed E-state index contributed by atoms with van der Waals surface area (Å²) in [6.45, 7) is 8.55. The smallest absolute Gasteiger partial charge is 0.213 e. The van der Waals surface area contributed by atoms with Crippen LogP contribution in [0.4, 0.5) is 0 Å². The van der Waals surface area contributed by atoms with E-state index < -0.39 is 0 Å². The molecule has 1 heterocycles. The molecule has 0 radical (unpaired) electrons. The normalized spacial score (nSPS) is 11.0. The summed E-state index contributed by atoms with van der Waals surface area (Å²) >= 11 is 0. The molecule has 1 aromatic carbocycles. The Hall–Kier alpha value is -1.88. The Kier molecular flexibility index (Phi) is 5.12. The van der Waals surface area contributed by atoms with E-state index >= 15 is 0 Å². The fraction of sp³-hybridized carbons (Fsp3) is 0.467. The Morgan fingerprint density at radius 2 is 2.20 bits per heavy atom. The van der Waals surface area contributed by atoms with Crippen molar-refractivity contribution in [2.75, 3.05) is 6.54 Å². The number of nitrogens with one attached hydrogen (secondary N) is 1. The lowest BCUT2D eigenvalue weighted by Crippen LogP contribution is -2.19. The van der Waals surface area contributed by atoms with E-state index in [0.29, 0.717) is 18.3 Å². The second-order valence-corrected chi connectivity index (χ2v) is 5.27.